The monoisotopic (exact) mass is 361 g/mol. The van der Waals surface area contributed by atoms with Crippen LogP contribution in [0.15, 0.2) is 36.5 Å². The van der Waals surface area contributed by atoms with Crippen LogP contribution in [0.3, 0.4) is 0 Å². The molecular weight excluding hydrogens is 349 g/mol. The fraction of sp³-hybridized carbons (Fsp3) is 0.118. The molecule has 3 aromatic rings. The van der Waals surface area contributed by atoms with E-state index in [-0.39, 0.29) is 11.7 Å². The molecule has 0 aliphatic carbocycles. The smallest absolute Gasteiger partial charge is 0.274 e. The molecule has 0 radical (unpaired) electrons. The highest BCUT2D eigenvalue weighted by Gasteiger charge is 2.19. The zero-order valence-electron chi connectivity index (χ0n) is 12.9. The lowest BCUT2D eigenvalue weighted by molar-refractivity contribution is 0.100. The van der Waals surface area contributed by atoms with E-state index in [2.05, 4.69) is 10.3 Å². The molecule has 7 heteroatoms. The lowest BCUT2D eigenvalue weighted by Crippen LogP contribution is -2.16. The molecule has 24 heavy (non-hydrogen) atoms. The molecule has 1 amide bonds. The zero-order chi connectivity index (χ0) is 17.4. The van der Waals surface area contributed by atoms with Gasteiger partial charge in [-0.25, -0.2) is 4.98 Å². The average molecular weight is 362 g/mol. The van der Waals surface area contributed by atoms with Gasteiger partial charge in [0, 0.05) is 17.4 Å². The lowest BCUT2D eigenvalue weighted by Gasteiger charge is -2.07. The van der Waals surface area contributed by atoms with E-state index in [1.54, 1.807) is 47.9 Å². The minimum Gasteiger partial charge on any atom is -0.321 e. The predicted molar refractivity (Wildman–Crippen MR) is 94.3 cm³/mol. The molecule has 1 aromatic carbocycles. The summed E-state index contributed by atoms with van der Waals surface area (Å²) in [5.41, 5.74) is 2.37. The van der Waals surface area contributed by atoms with Crippen LogP contribution in [0, 0.1) is 6.92 Å². The molecule has 122 valence electrons. The van der Waals surface area contributed by atoms with Gasteiger partial charge in [0.2, 0.25) is 0 Å². The van der Waals surface area contributed by atoms with Crippen molar-refractivity contribution in [3.63, 3.8) is 0 Å². The minimum absolute atomic E-state index is 0.0735. The van der Waals surface area contributed by atoms with E-state index >= 15 is 0 Å². The van der Waals surface area contributed by atoms with Crippen LogP contribution in [-0.4, -0.2) is 21.1 Å². The van der Waals surface area contributed by atoms with Crippen molar-refractivity contribution >= 4 is 46.2 Å². The number of Topliss-reactive ketones (excluding diaryl/α,β-unsaturated/α-hetero) is 1. The van der Waals surface area contributed by atoms with E-state index in [0.717, 1.165) is 0 Å². The Hall–Kier alpha value is -2.37. The maximum absolute atomic E-state index is 12.7. The van der Waals surface area contributed by atoms with Gasteiger partial charge in [0.15, 0.2) is 11.4 Å². The molecule has 0 spiro atoms. The van der Waals surface area contributed by atoms with Crippen LogP contribution in [0.1, 0.15) is 33.5 Å². The van der Waals surface area contributed by atoms with Crippen molar-refractivity contribution in [1.82, 2.24) is 9.38 Å². The van der Waals surface area contributed by atoms with Gasteiger partial charge in [-0.05, 0) is 32.0 Å². The number of rotatable bonds is 3. The number of pyridine rings is 1. The van der Waals surface area contributed by atoms with E-state index in [1.165, 1.54) is 6.92 Å². The SMILES string of the molecule is CC(=O)c1cccc(NC(=O)c2c(C)nc3c(Cl)cc(Cl)cn23)c1. The van der Waals surface area contributed by atoms with Gasteiger partial charge in [-0.3, -0.25) is 14.0 Å². The Balaban J connectivity index is 2.02. The summed E-state index contributed by atoms with van der Waals surface area (Å²) in [4.78, 5) is 28.5. The number of amides is 1. The van der Waals surface area contributed by atoms with Crippen LogP contribution in [0.5, 0.6) is 0 Å². The summed E-state index contributed by atoms with van der Waals surface area (Å²) in [5.74, 6) is -0.435. The number of aryl methyl sites for hydroxylation is 1. The molecule has 0 bridgehead atoms. The van der Waals surface area contributed by atoms with Crippen LogP contribution in [0.2, 0.25) is 10.0 Å². The summed E-state index contributed by atoms with van der Waals surface area (Å²) < 4.78 is 1.56. The molecule has 0 saturated carbocycles. The van der Waals surface area contributed by atoms with Crippen molar-refractivity contribution in [1.29, 1.82) is 0 Å². The largest absolute Gasteiger partial charge is 0.321 e. The molecule has 0 saturated heterocycles. The Labute approximate surface area is 148 Å². The van der Waals surface area contributed by atoms with Crippen molar-refractivity contribution < 1.29 is 9.59 Å². The first kappa shape index (κ1) is 16.5. The van der Waals surface area contributed by atoms with E-state index in [0.29, 0.717) is 38.3 Å². The third-order valence-electron chi connectivity index (χ3n) is 3.56. The number of hydrogen-bond donors (Lipinski definition) is 1. The van der Waals surface area contributed by atoms with E-state index in [9.17, 15) is 9.59 Å². The molecular formula is C17H13Cl2N3O2. The fourth-order valence-corrected chi connectivity index (χ4v) is 2.98. The van der Waals surface area contributed by atoms with Crippen molar-refractivity contribution in [2.45, 2.75) is 13.8 Å². The number of imidazole rings is 1. The molecule has 0 aliphatic heterocycles. The van der Waals surface area contributed by atoms with Gasteiger partial charge in [-0.1, -0.05) is 35.3 Å². The number of nitrogens with zero attached hydrogens (tertiary/aromatic N) is 2. The third kappa shape index (κ3) is 3.00. The van der Waals surface area contributed by atoms with Gasteiger partial charge < -0.3 is 5.32 Å². The predicted octanol–water partition coefficient (Wildman–Crippen LogP) is 4.40. The van der Waals surface area contributed by atoms with Gasteiger partial charge in [-0.2, -0.15) is 0 Å². The van der Waals surface area contributed by atoms with Crippen LogP contribution < -0.4 is 5.32 Å². The molecule has 0 aliphatic rings. The van der Waals surface area contributed by atoms with Crippen molar-refractivity contribution in [3.8, 4) is 0 Å². The zero-order valence-corrected chi connectivity index (χ0v) is 14.4. The fourth-order valence-electron chi connectivity index (χ4n) is 2.47. The molecule has 0 unspecified atom stereocenters. The standard InChI is InChI=1S/C17H13Cl2N3O2/c1-9-15(22-8-12(18)7-14(19)16(22)20-9)17(24)21-13-5-3-4-11(6-13)10(2)23/h3-8H,1-2H3,(H,21,24). The molecule has 1 N–H and O–H groups in total. The second kappa shape index (κ2) is 6.26. The van der Waals surface area contributed by atoms with Crippen LogP contribution in [-0.2, 0) is 0 Å². The maximum Gasteiger partial charge on any atom is 0.274 e. The number of nitrogens with one attached hydrogen (secondary N) is 1. The van der Waals surface area contributed by atoms with E-state index < -0.39 is 0 Å². The van der Waals surface area contributed by atoms with Gasteiger partial charge in [-0.15, -0.1) is 0 Å². The van der Waals surface area contributed by atoms with Crippen LogP contribution >= 0.6 is 23.2 Å². The Bertz CT molecular complexity index is 979. The highest BCUT2D eigenvalue weighted by Crippen LogP contribution is 2.25. The number of aromatic nitrogens is 2. The molecule has 2 heterocycles. The van der Waals surface area contributed by atoms with Crippen LogP contribution in [0.4, 0.5) is 5.69 Å². The first-order valence-electron chi connectivity index (χ1n) is 7.13. The third-order valence-corrected chi connectivity index (χ3v) is 4.04. The second-order valence-corrected chi connectivity index (χ2v) is 6.18. The van der Waals surface area contributed by atoms with Crippen molar-refractivity contribution in [2.75, 3.05) is 5.32 Å². The topological polar surface area (TPSA) is 63.5 Å². The second-order valence-electron chi connectivity index (χ2n) is 5.34. The summed E-state index contributed by atoms with van der Waals surface area (Å²) in [6.45, 7) is 3.19. The van der Waals surface area contributed by atoms with Crippen molar-refractivity contribution in [3.05, 3.63) is 63.5 Å². The summed E-state index contributed by atoms with van der Waals surface area (Å²) in [6.07, 6.45) is 1.59. The Morgan fingerprint density at radius 2 is 1.96 bits per heavy atom. The maximum atomic E-state index is 12.7. The Kier molecular flexibility index (Phi) is 4.30. The molecule has 5 nitrogen and oxygen atoms in total. The van der Waals surface area contributed by atoms with E-state index in [4.69, 9.17) is 23.2 Å². The quantitative estimate of drug-likeness (QED) is 0.703. The van der Waals surface area contributed by atoms with Crippen LogP contribution in [0.25, 0.3) is 5.65 Å². The number of carbonyl (C=O) groups is 2. The molecule has 3 rings (SSSR count). The highest BCUT2D eigenvalue weighted by atomic mass is 35.5. The van der Waals surface area contributed by atoms with Gasteiger partial charge in [0.1, 0.15) is 5.69 Å². The molecule has 0 fully saturated rings. The number of carbonyl (C=O) groups excluding carboxylic acids is 2. The number of ketones is 1. The number of fused-ring (bicyclic) bond motifs is 1. The van der Waals surface area contributed by atoms with E-state index in [1.807, 2.05) is 0 Å². The molecule has 2 aromatic heterocycles. The van der Waals surface area contributed by atoms with Crippen molar-refractivity contribution in [2.24, 2.45) is 0 Å². The van der Waals surface area contributed by atoms with Gasteiger partial charge in [0.05, 0.1) is 15.7 Å². The average Bonchev–Trinajstić information content (AvgIpc) is 2.84. The van der Waals surface area contributed by atoms with Gasteiger partial charge in [0.25, 0.3) is 5.91 Å². The first-order chi connectivity index (χ1) is 11.4. The summed E-state index contributed by atoms with van der Waals surface area (Å²) >= 11 is 12.2. The summed E-state index contributed by atoms with van der Waals surface area (Å²) in [5, 5.41) is 3.54. The number of hydrogen-bond acceptors (Lipinski definition) is 3. The number of benzene rings is 1. The van der Waals surface area contributed by atoms with Gasteiger partial charge >= 0.3 is 0 Å². The minimum atomic E-state index is -0.362. The first-order valence-corrected chi connectivity index (χ1v) is 7.88. The number of anilines is 1. The highest BCUT2D eigenvalue weighted by molar-refractivity contribution is 6.36. The Morgan fingerprint density at radius 1 is 1.21 bits per heavy atom. The lowest BCUT2D eigenvalue weighted by atomic mass is 10.1. The Morgan fingerprint density at radius 3 is 2.67 bits per heavy atom. The number of halogens is 2. The normalized spacial score (nSPS) is 10.8. The molecule has 0 atom stereocenters. The summed E-state index contributed by atoms with van der Waals surface area (Å²) in [7, 11) is 0. The summed E-state index contributed by atoms with van der Waals surface area (Å²) in [6, 6.07) is 8.31.